The van der Waals surface area contributed by atoms with Crippen LogP contribution in [0.4, 0.5) is 11.4 Å². The summed E-state index contributed by atoms with van der Waals surface area (Å²) in [6.45, 7) is 0.476. The van der Waals surface area contributed by atoms with Crippen LogP contribution in [-0.4, -0.2) is 37.5 Å². The first kappa shape index (κ1) is 19.1. The number of halogens is 1. The maximum atomic E-state index is 12.1. The van der Waals surface area contributed by atoms with E-state index in [1.54, 1.807) is 30.3 Å². The Kier molecular flexibility index (Phi) is 5.62. The van der Waals surface area contributed by atoms with Crippen LogP contribution in [0.15, 0.2) is 42.6 Å². The summed E-state index contributed by atoms with van der Waals surface area (Å²) in [6, 6.07) is 9.64. The van der Waals surface area contributed by atoms with Crippen LogP contribution < -0.4 is 14.9 Å². The van der Waals surface area contributed by atoms with Crippen LogP contribution >= 0.6 is 11.6 Å². The van der Waals surface area contributed by atoms with E-state index < -0.39 is 21.8 Å². The van der Waals surface area contributed by atoms with Crippen molar-refractivity contribution < 1.29 is 18.0 Å². The van der Waals surface area contributed by atoms with Crippen molar-refractivity contribution >= 4 is 44.8 Å². The van der Waals surface area contributed by atoms with Crippen LogP contribution in [0.2, 0.25) is 5.02 Å². The second-order valence-corrected chi connectivity index (χ2v) is 8.35. The summed E-state index contributed by atoms with van der Waals surface area (Å²) in [4.78, 5) is 28.0. The van der Waals surface area contributed by atoms with Gasteiger partial charge in [-0.2, -0.15) is 0 Å². The minimum Gasteiger partial charge on any atom is -0.342 e. The monoisotopic (exact) mass is 408 g/mol. The zero-order chi connectivity index (χ0) is 19.4. The molecule has 2 amide bonds. The van der Waals surface area contributed by atoms with Crippen LogP contribution in [0.25, 0.3) is 0 Å². The molecule has 8 nitrogen and oxygen atoms in total. The number of nitrogens with zero attached hydrogens (tertiary/aromatic N) is 2. The molecular formula is C17H17ClN4O4S. The molecule has 0 saturated carbocycles. The third kappa shape index (κ3) is 4.75. The molecule has 0 unspecified atom stereocenters. The van der Waals surface area contributed by atoms with Crippen molar-refractivity contribution in [1.29, 1.82) is 0 Å². The molecule has 10 heteroatoms. The van der Waals surface area contributed by atoms with Gasteiger partial charge in [0.2, 0.25) is 10.0 Å². The molecule has 0 aliphatic carbocycles. The number of pyridine rings is 1. The molecule has 1 saturated heterocycles. The topological polar surface area (TPSA) is 108 Å². The first-order chi connectivity index (χ1) is 12.8. The van der Waals surface area contributed by atoms with Gasteiger partial charge in [0, 0.05) is 18.4 Å². The molecule has 0 spiro atoms. The molecule has 2 heterocycles. The summed E-state index contributed by atoms with van der Waals surface area (Å²) >= 11 is 5.74. The van der Waals surface area contributed by atoms with E-state index in [0.717, 1.165) is 0 Å². The number of carbonyl (C=O) groups excluding carboxylic acids is 2. The standard InChI is InChI=1S/C17H17ClN4O4S/c18-12-5-6-14(19-10-12)11-20-16(23)17(24)21-13-3-1-4-15(9-13)22-7-2-8-27(22,25)26/h1,3-6,9-10H,2,7-8,11H2,(H,20,23)(H,21,24). The molecule has 0 bridgehead atoms. The lowest BCUT2D eigenvalue weighted by molar-refractivity contribution is -0.136. The van der Waals surface area contributed by atoms with Gasteiger partial charge in [-0.25, -0.2) is 8.42 Å². The minimum atomic E-state index is -3.32. The smallest absolute Gasteiger partial charge is 0.313 e. The van der Waals surface area contributed by atoms with Gasteiger partial charge < -0.3 is 10.6 Å². The molecule has 1 aromatic heterocycles. The zero-order valence-electron chi connectivity index (χ0n) is 14.2. The summed E-state index contributed by atoms with van der Waals surface area (Å²) < 4.78 is 25.3. The van der Waals surface area contributed by atoms with Gasteiger partial charge in [0.1, 0.15) is 0 Å². The first-order valence-corrected chi connectivity index (χ1v) is 10.1. The van der Waals surface area contributed by atoms with Crippen molar-refractivity contribution in [3.8, 4) is 0 Å². The predicted octanol–water partition coefficient (Wildman–Crippen LogP) is 1.53. The predicted molar refractivity (Wildman–Crippen MR) is 102 cm³/mol. The summed E-state index contributed by atoms with van der Waals surface area (Å²) in [6.07, 6.45) is 2.00. The molecule has 0 radical (unpaired) electrons. The van der Waals surface area contributed by atoms with Crippen LogP contribution in [0, 0.1) is 0 Å². The largest absolute Gasteiger partial charge is 0.342 e. The third-order valence-corrected chi connectivity index (χ3v) is 6.01. The third-order valence-electron chi connectivity index (χ3n) is 3.92. The first-order valence-electron chi connectivity index (χ1n) is 8.15. The van der Waals surface area contributed by atoms with Crippen LogP contribution in [0.5, 0.6) is 0 Å². The maximum Gasteiger partial charge on any atom is 0.313 e. The van der Waals surface area contributed by atoms with Gasteiger partial charge in [-0.05, 0) is 36.8 Å². The Bertz CT molecular complexity index is 963. The van der Waals surface area contributed by atoms with Gasteiger partial charge >= 0.3 is 11.8 Å². The summed E-state index contributed by atoms with van der Waals surface area (Å²) in [5.41, 5.74) is 1.34. The molecule has 0 atom stereocenters. The lowest BCUT2D eigenvalue weighted by atomic mass is 10.2. The minimum absolute atomic E-state index is 0.0789. The van der Waals surface area contributed by atoms with E-state index >= 15 is 0 Å². The number of nitrogens with one attached hydrogen (secondary N) is 2. The number of hydrogen-bond donors (Lipinski definition) is 2. The number of hydrogen-bond acceptors (Lipinski definition) is 5. The molecule has 2 N–H and O–H groups in total. The highest BCUT2D eigenvalue weighted by Crippen LogP contribution is 2.26. The number of benzene rings is 1. The van der Waals surface area contributed by atoms with Crippen LogP contribution in [0.1, 0.15) is 12.1 Å². The van der Waals surface area contributed by atoms with Crippen molar-refractivity contribution in [3.63, 3.8) is 0 Å². The molecule has 1 aliphatic heterocycles. The van der Waals surface area contributed by atoms with Gasteiger partial charge in [0.05, 0.1) is 28.7 Å². The highest BCUT2D eigenvalue weighted by molar-refractivity contribution is 7.93. The lowest BCUT2D eigenvalue weighted by Gasteiger charge is -2.17. The molecule has 142 valence electrons. The average Bonchev–Trinajstić information content (AvgIpc) is 3.00. The van der Waals surface area contributed by atoms with Gasteiger partial charge in [0.15, 0.2) is 0 Å². The number of rotatable bonds is 4. The Hall–Kier alpha value is -2.65. The summed E-state index contributed by atoms with van der Waals surface area (Å²) in [7, 11) is -3.32. The fourth-order valence-corrected chi connectivity index (χ4v) is 4.29. The SMILES string of the molecule is O=C(NCc1ccc(Cl)cn1)C(=O)Nc1cccc(N2CCCS2(=O)=O)c1. The van der Waals surface area contributed by atoms with E-state index in [4.69, 9.17) is 11.6 Å². The summed E-state index contributed by atoms with van der Waals surface area (Å²) in [5.74, 6) is -1.58. The van der Waals surface area contributed by atoms with E-state index in [1.807, 2.05) is 0 Å². The molecule has 1 aromatic carbocycles. The Morgan fingerprint density at radius 2 is 2.00 bits per heavy atom. The highest BCUT2D eigenvalue weighted by atomic mass is 35.5. The average molecular weight is 409 g/mol. The van der Waals surface area contributed by atoms with E-state index in [2.05, 4.69) is 15.6 Å². The van der Waals surface area contributed by atoms with Crippen LogP contribution in [0.3, 0.4) is 0 Å². The number of carbonyl (C=O) groups is 2. The maximum absolute atomic E-state index is 12.1. The Morgan fingerprint density at radius 1 is 1.19 bits per heavy atom. The second kappa shape index (κ2) is 7.93. The van der Waals surface area contributed by atoms with Gasteiger partial charge in [-0.3, -0.25) is 18.9 Å². The van der Waals surface area contributed by atoms with Crippen molar-refractivity contribution in [2.45, 2.75) is 13.0 Å². The highest BCUT2D eigenvalue weighted by Gasteiger charge is 2.28. The van der Waals surface area contributed by atoms with Crippen molar-refractivity contribution in [2.75, 3.05) is 21.9 Å². The fraction of sp³-hybridized carbons (Fsp3) is 0.235. The Morgan fingerprint density at radius 3 is 2.67 bits per heavy atom. The molecule has 3 rings (SSSR count). The van der Waals surface area contributed by atoms with E-state index in [9.17, 15) is 18.0 Å². The number of anilines is 2. The van der Waals surface area contributed by atoms with Gasteiger partial charge in [0.25, 0.3) is 0 Å². The number of amides is 2. The molecule has 1 aliphatic rings. The van der Waals surface area contributed by atoms with Crippen LogP contribution in [-0.2, 0) is 26.2 Å². The van der Waals surface area contributed by atoms with Crippen molar-refractivity contribution in [1.82, 2.24) is 10.3 Å². The Labute approximate surface area is 161 Å². The second-order valence-electron chi connectivity index (χ2n) is 5.90. The molecule has 1 fully saturated rings. The van der Waals surface area contributed by atoms with Crippen molar-refractivity contribution in [2.24, 2.45) is 0 Å². The molecular weight excluding hydrogens is 392 g/mol. The lowest BCUT2D eigenvalue weighted by Crippen LogP contribution is -2.35. The molecule has 27 heavy (non-hydrogen) atoms. The normalized spacial score (nSPS) is 15.4. The quantitative estimate of drug-likeness (QED) is 0.746. The van der Waals surface area contributed by atoms with Gasteiger partial charge in [-0.1, -0.05) is 17.7 Å². The van der Waals surface area contributed by atoms with Crippen molar-refractivity contribution in [3.05, 3.63) is 53.3 Å². The number of sulfonamides is 1. The summed E-state index contributed by atoms with van der Waals surface area (Å²) in [5, 5.41) is 5.40. The van der Waals surface area contributed by atoms with Gasteiger partial charge in [-0.15, -0.1) is 0 Å². The fourth-order valence-electron chi connectivity index (χ4n) is 2.62. The van der Waals surface area contributed by atoms with E-state index in [1.165, 1.54) is 16.6 Å². The Balaban J connectivity index is 1.61. The zero-order valence-corrected chi connectivity index (χ0v) is 15.8. The van der Waals surface area contributed by atoms with E-state index in [-0.39, 0.29) is 12.3 Å². The molecule has 2 aromatic rings. The number of aromatic nitrogens is 1. The van der Waals surface area contributed by atoms with E-state index in [0.29, 0.717) is 35.1 Å².